The van der Waals surface area contributed by atoms with Crippen molar-refractivity contribution in [3.05, 3.63) is 41.4 Å². The van der Waals surface area contributed by atoms with Crippen LogP contribution in [-0.2, 0) is 0 Å². The Morgan fingerprint density at radius 3 is 2.96 bits per heavy atom. The van der Waals surface area contributed by atoms with E-state index in [2.05, 4.69) is 25.6 Å². The zero-order valence-corrected chi connectivity index (χ0v) is 15.3. The van der Waals surface area contributed by atoms with Crippen molar-refractivity contribution in [3.63, 3.8) is 0 Å². The van der Waals surface area contributed by atoms with E-state index in [0.29, 0.717) is 28.5 Å². The van der Waals surface area contributed by atoms with E-state index in [1.165, 1.54) is 25.6 Å². The molecule has 2 aromatic heterocycles. The molecule has 0 aliphatic carbocycles. The molecule has 3 heterocycles. The predicted molar refractivity (Wildman–Crippen MR) is 100 cm³/mol. The maximum absolute atomic E-state index is 14.4. The van der Waals surface area contributed by atoms with Gasteiger partial charge in [-0.3, -0.25) is 0 Å². The number of hydrogen-bond donors (Lipinski definition) is 2. The number of nitrogens with zero attached hydrogens (tertiary/aromatic N) is 3. The minimum atomic E-state index is -0.603. The molecule has 0 amide bonds. The molecule has 0 bridgehead atoms. The van der Waals surface area contributed by atoms with Gasteiger partial charge in [0.15, 0.2) is 11.6 Å². The largest absolute Gasteiger partial charge is 0.497 e. The van der Waals surface area contributed by atoms with Crippen LogP contribution in [0.15, 0.2) is 30.6 Å². The first-order chi connectivity index (χ1) is 13.1. The number of benzene rings is 1. The van der Waals surface area contributed by atoms with Crippen molar-refractivity contribution in [1.29, 1.82) is 0 Å². The van der Waals surface area contributed by atoms with Gasteiger partial charge in [0, 0.05) is 24.7 Å². The van der Waals surface area contributed by atoms with E-state index < -0.39 is 5.82 Å². The molecular formula is C18H17ClFN5O2. The van der Waals surface area contributed by atoms with Gasteiger partial charge in [0.05, 0.1) is 23.3 Å². The summed E-state index contributed by atoms with van der Waals surface area (Å²) in [5, 5.41) is 6.12. The van der Waals surface area contributed by atoms with Crippen molar-refractivity contribution in [2.24, 2.45) is 0 Å². The zero-order chi connectivity index (χ0) is 18.8. The summed E-state index contributed by atoms with van der Waals surface area (Å²) in [6, 6.07) is 6.46. The topological polar surface area (TPSA) is 81.2 Å². The summed E-state index contributed by atoms with van der Waals surface area (Å²) in [6.45, 7) is 1.70. The number of anilines is 2. The molecule has 1 fully saturated rings. The Morgan fingerprint density at radius 1 is 1.30 bits per heavy atom. The van der Waals surface area contributed by atoms with E-state index >= 15 is 0 Å². The molecule has 0 spiro atoms. The van der Waals surface area contributed by atoms with Crippen molar-refractivity contribution in [1.82, 2.24) is 20.3 Å². The maximum atomic E-state index is 14.4. The Kier molecular flexibility index (Phi) is 4.91. The summed E-state index contributed by atoms with van der Waals surface area (Å²) in [5.74, 6) is 0.637. The highest BCUT2D eigenvalue weighted by molar-refractivity contribution is 6.31. The summed E-state index contributed by atoms with van der Waals surface area (Å²) in [7, 11) is 1.48. The fourth-order valence-electron chi connectivity index (χ4n) is 2.88. The Labute approximate surface area is 159 Å². The Balaban J connectivity index is 1.70. The van der Waals surface area contributed by atoms with Gasteiger partial charge in [-0.1, -0.05) is 11.6 Å². The van der Waals surface area contributed by atoms with Crippen LogP contribution in [-0.4, -0.2) is 41.3 Å². The third-order valence-corrected chi connectivity index (χ3v) is 4.52. The molecule has 1 aromatic carbocycles. The highest BCUT2D eigenvalue weighted by Gasteiger charge is 2.18. The third-order valence-electron chi connectivity index (χ3n) is 4.25. The van der Waals surface area contributed by atoms with Crippen LogP contribution in [0.4, 0.5) is 15.9 Å². The van der Waals surface area contributed by atoms with Crippen LogP contribution in [0.2, 0.25) is 5.02 Å². The number of hydrogen-bond acceptors (Lipinski definition) is 7. The molecule has 4 rings (SSSR count). The van der Waals surface area contributed by atoms with Gasteiger partial charge in [0.25, 0.3) is 0 Å². The maximum Gasteiger partial charge on any atom is 0.214 e. The number of ether oxygens (including phenoxy) is 2. The number of nitrogens with one attached hydrogen (secondary N) is 2. The SMILES string of the molecule is COc1cc(Cl)c(F)c(Nc2ncnc3ccc(O[C@H]4CCNC4)nc23)c1. The van der Waals surface area contributed by atoms with Crippen molar-refractivity contribution in [2.75, 3.05) is 25.5 Å². The second-order valence-corrected chi connectivity index (χ2v) is 6.48. The van der Waals surface area contributed by atoms with Crippen molar-refractivity contribution >= 4 is 34.1 Å². The van der Waals surface area contributed by atoms with Gasteiger partial charge in [-0.25, -0.2) is 19.3 Å². The lowest BCUT2D eigenvalue weighted by Crippen LogP contribution is -2.20. The summed E-state index contributed by atoms with van der Waals surface area (Å²) in [5.41, 5.74) is 1.21. The van der Waals surface area contributed by atoms with Crippen LogP contribution in [0.1, 0.15) is 6.42 Å². The van der Waals surface area contributed by atoms with E-state index in [1.807, 2.05) is 0 Å². The van der Waals surface area contributed by atoms with Gasteiger partial charge in [0.1, 0.15) is 23.7 Å². The molecule has 9 heteroatoms. The average Bonchev–Trinajstić information content (AvgIpc) is 3.18. The molecule has 1 atom stereocenters. The number of methoxy groups -OCH3 is 1. The van der Waals surface area contributed by atoms with E-state index in [9.17, 15) is 4.39 Å². The van der Waals surface area contributed by atoms with E-state index in [0.717, 1.165) is 19.5 Å². The van der Waals surface area contributed by atoms with Crippen molar-refractivity contribution < 1.29 is 13.9 Å². The highest BCUT2D eigenvalue weighted by atomic mass is 35.5. The van der Waals surface area contributed by atoms with Gasteiger partial charge in [-0.2, -0.15) is 0 Å². The lowest BCUT2D eigenvalue weighted by Gasteiger charge is -2.14. The zero-order valence-electron chi connectivity index (χ0n) is 14.5. The standard InChI is InChI=1S/C18H17ClFN5O2/c1-26-11-6-12(19)16(20)14(7-11)24-18-17-13(22-9-23-18)2-3-15(25-17)27-10-4-5-21-8-10/h2-3,6-7,9-10,21H,4-5,8H2,1H3,(H,22,23,24)/t10-/m0/s1. The molecule has 1 aliphatic rings. The summed E-state index contributed by atoms with van der Waals surface area (Å²) in [4.78, 5) is 12.9. The monoisotopic (exact) mass is 389 g/mol. The fourth-order valence-corrected chi connectivity index (χ4v) is 3.09. The molecule has 1 aliphatic heterocycles. The molecule has 0 saturated carbocycles. The van der Waals surface area contributed by atoms with Crippen molar-refractivity contribution in [2.45, 2.75) is 12.5 Å². The van der Waals surface area contributed by atoms with Crippen LogP contribution in [0.25, 0.3) is 11.0 Å². The molecule has 0 unspecified atom stereocenters. The Bertz CT molecular complexity index is 981. The van der Waals surface area contributed by atoms with Gasteiger partial charge < -0.3 is 20.1 Å². The minimum Gasteiger partial charge on any atom is -0.497 e. The average molecular weight is 390 g/mol. The smallest absolute Gasteiger partial charge is 0.214 e. The molecule has 140 valence electrons. The Morgan fingerprint density at radius 2 is 2.19 bits per heavy atom. The van der Waals surface area contributed by atoms with E-state index in [-0.39, 0.29) is 16.8 Å². The van der Waals surface area contributed by atoms with Crippen LogP contribution in [0.3, 0.4) is 0 Å². The Hall–Kier alpha value is -2.71. The summed E-state index contributed by atoms with van der Waals surface area (Å²) in [6.07, 6.45) is 2.38. The van der Waals surface area contributed by atoms with Gasteiger partial charge in [-0.05, 0) is 19.0 Å². The lowest BCUT2D eigenvalue weighted by atomic mass is 10.2. The first kappa shape index (κ1) is 17.7. The third kappa shape index (κ3) is 3.72. The van der Waals surface area contributed by atoms with Gasteiger partial charge in [-0.15, -0.1) is 0 Å². The van der Waals surface area contributed by atoms with Crippen LogP contribution in [0.5, 0.6) is 11.6 Å². The number of halogens is 2. The molecular weight excluding hydrogens is 373 g/mol. The second-order valence-electron chi connectivity index (χ2n) is 6.07. The van der Waals surface area contributed by atoms with E-state index in [1.54, 1.807) is 12.1 Å². The molecule has 7 nitrogen and oxygen atoms in total. The number of fused-ring (bicyclic) bond motifs is 1. The van der Waals surface area contributed by atoms with E-state index in [4.69, 9.17) is 21.1 Å². The van der Waals surface area contributed by atoms with Crippen molar-refractivity contribution in [3.8, 4) is 11.6 Å². The summed E-state index contributed by atoms with van der Waals surface area (Å²) < 4.78 is 25.4. The predicted octanol–water partition coefficient (Wildman–Crippen LogP) is 3.31. The first-order valence-electron chi connectivity index (χ1n) is 8.43. The van der Waals surface area contributed by atoms with Gasteiger partial charge in [0.2, 0.25) is 5.88 Å². The molecule has 27 heavy (non-hydrogen) atoms. The molecule has 1 saturated heterocycles. The van der Waals surface area contributed by atoms with Crippen LogP contribution < -0.4 is 20.1 Å². The van der Waals surface area contributed by atoms with Gasteiger partial charge >= 0.3 is 0 Å². The normalized spacial score (nSPS) is 16.5. The summed E-state index contributed by atoms with van der Waals surface area (Å²) >= 11 is 5.93. The molecule has 3 aromatic rings. The molecule has 0 radical (unpaired) electrons. The number of rotatable bonds is 5. The number of aromatic nitrogens is 3. The molecule has 2 N–H and O–H groups in total. The minimum absolute atomic E-state index is 0.0547. The van der Waals surface area contributed by atoms with Crippen LogP contribution in [0, 0.1) is 5.82 Å². The lowest BCUT2D eigenvalue weighted by molar-refractivity contribution is 0.215. The fraction of sp³-hybridized carbons (Fsp3) is 0.278. The quantitative estimate of drug-likeness (QED) is 0.692. The highest BCUT2D eigenvalue weighted by Crippen LogP contribution is 2.32. The van der Waals surface area contributed by atoms with Crippen LogP contribution >= 0.6 is 11.6 Å². The number of pyridine rings is 1. The first-order valence-corrected chi connectivity index (χ1v) is 8.81. The second kappa shape index (κ2) is 7.50.